The molecule has 7 atom stereocenters. The van der Waals surface area contributed by atoms with E-state index in [4.69, 9.17) is 37.0 Å². The zero-order chi connectivity index (χ0) is 74.9. The molecule has 0 saturated heterocycles. The molecule has 0 bridgehead atoms. The van der Waals surface area contributed by atoms with Crippen molar-refractivity contribution in [3.8, 4) is 0 Å². The van der Waals surface area contributed by atoms with Crippen LogP contribution in [0.1, 0.15) is 440 Å². The molecule has 0 aliphatic rings. The summed E-state index contributed by atoms with van der Waals surface area (Å²) in [4.78, 5) is 73.1. The second kappa shape index (κ2) is 74.5. The SMILES string of the molecule is CCCCCCCCCCCCCCCCCCCCCCCCC(=O)O[C@H](COC(=O)CCCCCCCCCCCCCCCCCC)COP(=O)(O)OC[C@@H](O)COP(=O)(O)OC[C@@H](COC(=O)CCCCCCCCCCC(C)CC)OC(=O)CCCCCCCCCCC(C)CC. The van der Waals surface area contributed by atoms with Gasteiger partial charge in [-0.2, -0.15) is 0 Å². The molecule has 0 fully saturated rings. The van der Waals surface area contributed by atoms with E-state index < -0.39 is 97.5 Å². The van der Waals surface area contributed by atoms with Gasteiger partial charge in [-0.15, -0.1) is 0 Å². The van der Waals surface area contributed by atoms with Gasteiger partial charge in [0.1, 0.15) is 19.3 Å². The van der Waals surface area contributed by atoms with E-state index >= 15 is 0 Å². The van der Waals surface area contributed by atoms with Crippen LogP contribution in [-0.2, 0) is 65.4 Å². The molecule has 0 radical (unpaired) electrons. The van der Waals surface area contributed by atoms with Gasteiger partial charge in [0.05, 0.1) is 26.4 Å². The maximum atomic E-state index is 13.1. The molecule has 0 aromatic carbocycles. The number of hydrogen-bond acceptors (Lipinski definition) is 15. The Hall–Kier alpha value is -1.94. The van der Waals surface area contributed by atoms with Crippen molar-refractivity contribution < 1.29 is 80.2 Å². The summed E-state index contributed by atoms with van der Waals surface area (Å²) in [6.07, 6.45) is 65.3. The number of carbonyl (C=O) groups excluding carboxylic acids is 4. The number of rotatable bonds is 82. The van der Waals surface area contributed by atoms with E-state index in [1.165, 1.54) is 257 Å². The van der Waals surface area contributed by atoms with Crippen LogP contribution in [0.2, 0.25) is 0 Å². The standard InChI is InChI=1S/C83H162O17P2/c1-7-11-13-15-17-19-21-23-25-27-28-29-30-31-32-34-36-38-40-49-55-61-67-82(87)99-78(71-93-80(85)65-59-53-47-39-37-35-33-26-24-22-20-18-16-14-12-8-2)73-97-101(89,90)95-69-77(84)70-96-102(91,92)98-74-79(100-83(88)68-62-56-50-44-42-46-52-58-64-76(6)10-4)72-94-81(86)66-60-54-48-43-41-45-51-57-63-75(5)9-3/h75-79,84H,7-74H2,1-6H3,(H,89,90)(H,91,92)/t75?,76?,77-,78-,79-/m1/s1. The summed E-state index contributed by atoms with van der Waals surface area (Å²) in [5, 5.41) is 10.7. The van der Waals surface area contributed by atoms with Crippen LogP contribution in [0, 0.1) is 11.8 Å². The number of ether oxygens (including phenoxy) is 4. The number of aliphatic hydroxyl groups is 1. The molecular formula is C83H162O17P2. The van der Waals surface area contributed by atoms with Crippen LogP contribution in [0.15, 0.2) is 0 Å². The highest BCUT2D eigenvalue weighted by atomic mass is 31.2. The highest BCUT2D eigenvalue weighted by molar-refractivity contribution is 7.47. The number of phosphoric acid groups is 2. The average Bonchev–Trinajstić information content (AvgIpc) is 0.927. The molecule has 17 nitrogen and oxygen atoms in total. The van der Waals surface area contributed by atoms with Crippen LogP contribution >= 0.6 is 15.6 Å². The molecule has 4 unspecified atom stereocenters. The fourth-order valence-corrected chi connectivity index (χ4v) is 14.4. The lowest BCUT2D eigenvalue weighted by Crippen LogP contribution is -2.30. The maximum absolute atomic E-state index is 13.1. The van der Waals surface area contributed by atoms with Crippen molar-refractivity contribution in [2.24, 2.45) is 11.8 Å². The molecule has 102 heavy (non-hydrogen) atoms. The van der Waals surface area contributed by atoms with E-state index in [0.29, 0.717) is 25.7 Å². The summed E-state index contributed by atoms with van der Waals surface area (Å²) >= 11 is 0. The molecule has 606 valence electrons. The van der Waals surface area contributed by atoms with Crippen molar-refractivity contribution in [3.63, 3.8) is 0 Å². The van der Waals surface area contributed by atoms with Gasteiger partial charge in [0.15, 0.2) is 12.2 Å². The lowest BCUT2D eigenvalue weighted by atomic mass is 9.99. The Bertz CT molecular complexity index is 1960. The van der Waals surface area contributed by atoms with E-state index in [2.05, 4.69) is 41.5 Å². The summed E-state index contributed by atoms with van der Waals surface area (Å²) in [5.74, 6) is -0.562. The third-order valence-corrected chi connectivity index (χ3v) is 22.1. The maximum Gasteiger partial charge on any atom is 0.472 e. The van der Waals surface area contributed by atoms with Gasteiger partial charge in [-0.1, -0.05) is 388 Å². The van der Waals surface area contributed by atoms with Crippen LogP contribution in [-0.4, -0.2) is 96.7 Å². The van der Waals surface area contributed by atoms with Gasteiger partial charge >= 0.3 is 39.5 Å². The summed E-state index contributed by atoms with van der Waals surface area (Å²) < 4.78 is 68.8. The lowest BCUT2D eigenvalue weighted by Gasteiger charge is -2.21. The molecule has 0 aromatic rings. The van der Waals surface area contributed by atoms with Gasteiger partial charge in [0.2, 0.25) is 0 Å². The second-order valence-corrected chi connectivity index (χ2v) is 33.3. The highest BCUT2D eigenvalue weighted by Crippen LogP contribution is 2.45. The normalized spacial score (nSPS) is 14.4. The number of phosphoric ester groups is 2. The minimum atomic E-state index is -4.96. The predicted octanol–water partition coefficient (Wildman–Crippen LogP) is 25.1. The number of carbonyl (C=O) groups is 4. The van der Waals surface area contributed by atoms with Crippen molar-refractivity contribution in [2.75, 3.05) is 39.6 Å². The van der Waals surface area contributed by atoms with Gasteiger partial charge < -0.3 is 33.8 Å². The zero-order valence-electron chi connectivity index (χ0n) is 66.9. The van der Waals surface area contributed by atoms with Crippen molar-refractivity contribution in [3.05, 3.63) is 0 Å². The third kappa shape index (κ3) is 73.6. The van der Waals surface area contributed by atoms with Crippen LogP contribution < -0.4 is 0 Å². The Kier molecular flexibility index (Phi) is 73.1. The van der Waals surface area contributed by atoms with E-state index in [1.807, 2.05) is 0 Å². The van der Waals surface area contributed by atoms with Gasteiger partial charge in [0.25, 0.3) is 0 Å². The molecule has 0 rings (SSSR count). The van der Waals surface area contributed by atoms with Crippen molar-refractivity contribution in [1.29, 1.82) is 0 Å². The first kappa shape index (κ1) is 100. The van der Waals surface area contributed by atoms with Gasteiger partial charge in [0, 0.05) is 25.7 Å². The third-order valence-electron chi connectivity index (χ3n) is 20.2. The van der Waals surface area contributed by atoms with Gasteiger partial charge in [-0.3, -0.25) is 37.3 Å². The first-order chi connectivity index (χ1) is 49.4. The van der Waals surface area contributed by atoms with E-state index in [-0.39, 0.29) is 25.7 Å². The highest BCUT2D eigenvalue weighted by Gasteiger charge is 2.30. The molecule has 0 spiro atoms. The second-order valence-electron chi connectivity index (χ2n) is 30.4. The predicted molar refractivity (Wildman–Crippen MR) is 418 cm³/mol. The van der Waals surface area contributed by atoms with Crippen LogP contribution in [0.25, 0.3) is 0 Å². The number of esters is 4. The average molecular weight is 1490 g/mol. The minimum Gasteiger partial charge on any atom is -0.462 e. The van der Waals surface area contributed by atoms with Gasteiger partial charge in [-0.05, 0) is 37.5 Å². The minimum absolute atomic E-state index is 0.105. The molecule has 3 N–H and O–H groups in total. The van der Waals surface area contributed by atoms with E-state index in [9.17, 15) is 43.2 Å². The Balaban J connectivity index is 5.23. The summed E-state index contributed by atoms with van der Waals surface area (Å²) in [6.45, 7) is 9.64. The molecule has 0 aromatic heterocycles. The Morgan fingerprint density at radius 2 is 0.471 bits per heavy atom. The van der Waals surface area contributed by atoms with Gasteiger partial charge in [-0.25, -0.2) is 9.13 Å². The Labute approximate surface area is 626 Å². The fraction of sp³-hybridized carbons (Fsp3) is 0.952. The van der Waals surface area contributed by atoms with E-state index in [0.717, 1.165) is 102 Å². The fourth-order valence-electron chi connectivity index (χ4n) is 12.8. The van der Waals surface area contributed by atoms with Crippen LogP contribution in [0.3, 0.4) is 0 Å². The topological polar surface area (TPSA) is 237 Å². The lowest BCUT2D eigenvalue weighted by molar-refractivity contribution is -0.161. The summed E-state index contributed by atoms with van der Waals surface area (Å²) in [5.41, 5.74) is 0. The molecule has 19 heteroatoms. The molecular weight excluding hydrogens is 1330 g/mol. The number of unbranched alkanes of at least 4 members (excludes halogenated alkanes) is 50. The molecule has 0 heterocycles. The monoisotopic (exact) mass is 1490 g/mol. The first-order valence-electron chi connectivity index (χ1n) is 43.1. The van der Waals surface area contributed by atoms with Crippen molar-refractivity contribution in [2.45, 2.75) is 458 Å². The first-order valence-corrected chi connectivity index (χ1v) is 46.1. The molecule has 0 aliphatic heterocycles. The number of hydrogen-bond donors (Lipinski definition) is 3. The Morgan fingerprint density at radius 1 is 0.275 bits per heavy atom. The van der Waals surface area contributed by atoms with E-state index in [1.54, 1.807) is 0 Å². The largest absolute Gasteiger partial charge is 0.472 e. The van der Waals surface area contributed by atoms with Crippen molar-refractivity contribution in [1.82, 2.24) is 0 Å². The van der Waals surface area contributed by atoms with Crippen molar-refractivity contribution >= 4 is 39.5 Å². The molecule has 0 amide bonds. The molecule has 0 saturated carbocycles. The molecule has 0 aliphatic carbocycles. The zero-order valence-corrected chi connectivity index (χ0v) is 68.7. The number of aliphatic hydroxyl groups excluding tert-OH is 1. The smallest absolute Gasteiger partial charge is 0.462 e. The summed E-state index contributed by atoms with van der Waals surface area (Å²) in [6, 6.07) is 0. The quantitative estimate of drug-likeness (QED) is 0.0222. The summed E-state index contributed by atoms with van der Waals surface area (Å²) in [7, 11) is -9.92. The van der Waals surface area contributed by atoms with Crippen LogP contribution in [0.4, 0.5) is 0 Å². The Morgan fingerprint density at radius 3 is 0.696 bits per heavy atom. The van der Waals surface area contributed by atoms with Crippen LogP contribution in [0.5, 0.6) is 0 Å².